The summed E-state index contributed by atoms with van der Waals surface area (Å²) in [5.74, 6) is 1.11. The minimum atomic E-state index is -3.54. The molecule has 1 amide bonds. The van der Waals surface area contributed by atoms with E-state index in [0.29, 0.717) is 49.1 Å². The van der Waals surface area contributed by atoms with Gasteiger partial charge < -0.3 is 14.2 Å². The maximum atomic E-state index is 12.8. The molecule has 0 aliphatic carbocycles. The molecule has 33 heavy (non-hydrogen) atoms. The summed E-state index contributed by atoms with van der Waals surface area (Å²) in [6.07, 6.45) is 4.33. The van der Waals surface area contributed by atoms with Crippen LogP contribution >= 0.6 is 11.8 Å². The molecule has 1 unspecified atom stereocenters. The van der Waals surface area contributed by atoms with E-state index in [1.54, 1.807) is 24.3 Å². The van der Waals surface area contributed by atoms with E-state index in [2.05, 4.69) is 17.1 Å². The Morgan fingerprint density at radius 3 is 2.55 bits per heavy atom. The van der Waals surface area contributed by atoms with Gasteiger partial charge in [0, 0.05) is 38.3 Å². The number of nitrogens with zero attached hydrogens (tertiary/aromatic N) is 5. The second-order valence-electron chi connectivity index (χ2n) is 8.34. The number of hydrogen-bond donors (Lipinski definition) is 0. The summed E-state index contributed by atoms with van der Waals surface area (Å²) >= 11 is 1.39. The van der Waals surface area contributed by atoms with Crippen molar-refractivity contribution in [1.29, 1.82) is 0 Å². The van der Waals surface area contributed by atoms with Crippen molar-refractivity contribution in [3.05, 3.63) is 24.3 Å². The monoisotopic (exact) mass is 493 g/mol. The van der Waals surface area contributed by atoms with Crippen LogP contribution in [0.2, 0.25) is 0 Å². The van der Waals surface area contributed by atoms with Gasteiger partial charge >= 0.3 is 0 Å². The van der Waals surface area contributed by atoms with Gasteiger partial charge in [-0.3, -0.25) is 4.79 Å². The zero-order valence-electron chi connectivity index (χ0n) is 19.1. The zero-order valence-corrected chi connectivity index (χ0v) is 20.8. The summed E-state index contributed by atoms with van der Waals surface area (Å²) in [7, 11) is -1.68. The topological polar surface area (TPSA) is 97.6 Å². The minimum Gasteiger partial charge on any atom is -0.379 e. The third kappa shape index (κ3) is 5.26. The lowest BCUT2D eigenvalue weighted by molar-refractivity contribution is -0.132. The summed E-state index contributed by atoms with van der Waals surface area (Å²) in [5, 5.41) is 9.20. The van der Waals surface area contributed by atoms with Gasteiger partial charge in [0.25, 0.3) is 0 Å². The van der Waals surface area contributed by atoms with Crippen LogP contribution in [0.4, 0.5) is 0 Å². The molecule has 0 spiro atoms. The van der Waals surface area contributed by atoms with Crippen molar-refractivity contribution in [3.63, 3.8) is 0 Å². The molecule has 4 rings (SSSR count). The quantitative estimate of drug-likeness (QED) is 0.546. The number of aromatic nitrogens is 3. The lowest BCUT2D eigenvalue weighted by atomic mass is 10.0. The summed E-state index contributed by atoms with van der Waals surface area (Å²) in [6, 6.07) is 7.04. The number of sulfonamides is 1. The largest absolute Gasteiger partial charge is 0.379 e. The summed E-state index contributed by atoms with van der Waals surface area (Å²) in [5.41, 5.74) is 0.770. The van der Waals surface area contributed by atoms with E-state index in [1.807, 2.05) is 16.5 Å². The van der Waals surface area contributed by atoms with E-state index in [-0.39, 0.29) is 10.8 Å². The molecule has 1 atom stereocenters. The molecule has 0 bridgehead atoms. The molecule has 2 fully saturated rings. The highest BCUT2D eigenvalue weighted by Crippen LogP contribution is 2.26. The van der Waals surface area contributed by atoms with Crippen LogP contribution in [0.5, 0.6) is 0 Å². The van der Waals surface area contributed by atoms with E-state index >= 15 is 0 Å². The van der Waals surface area contributed by atoms with Crippen LogP contribution in [0.15, 0.2) is 34.3 Å². The Balaban J connectivity index is 1.42. The third-order valence-corrected chi connectivity index (χ3v) is 9.22. The molecule has 9 nitrogen and oxygen atoms in total. The SMILES string of the molecule is CCC1CCCCN1C(=O)CSc1nnc(-c2ccc(S(=O)(=O)N3CCOCC3)cc2)n1C. The van der Waals surface area contributed by atoms with Gasteiger partial charge in [-0.2, -0.15) is 4.31 Å². The Hall–Kier alpha value is -1.95. The molecule has 1 aromatic heterocycles. The van der Waals surface area contributed by atoms with Crippen molar-refractivity contribution >= 4 is 27.7 Å². The predicted molar refractivity (Wildman–Crippen MR) is 126 cm³/mol. The fourth-order valence-corrected chi connectivity index (χ4v) is 6.57. The van der Waals surface area contributed by atoms with Gasteiger partial charge in [0.05, 0.1) is 23.9 Å². The first kappa shape index (κ1) is 24.2. The van der Waals surface area contributed by atoms with Crippen molar-refractivity contribution in [1.82, 2.24) is 24.0 Å². The molecular weight excluding hydrogens is 462 g/mol. The van der Waals surface area contributed by atoms with Gasteiger partial charge in [-0.15, -0.1) is 10.2 Å². The van der Waals surface area contributed by atoms with Crippen LogP contribution in [0.3, 0.4) is 0 Å². The van der Waals surface area contributed by atoms with Crippen molar-refractivity contribution < 1.29 is 17.9 Å². The van der Waals surface area contributed by atoms with Crippen molar-refractivity contribution in [2.75, 3.05) is 38.6 Å². The molecule has 0 radical (unpaired) electrons. The molecule has 3 heterocycles. The Kier molecular flexibility index (Phi) is 7.72. The highest BCUT2D eigenvalue weighted by molar-refractivity contribution is 7.99. The molecule has 180 valence electrons. The Morgan fingerprint density at radius 2 is 1.85 bits per heavy atom. The lowest BCUT2D eigenvalue weighted by Crippen LogP contribution is -2.44. The summed E-state index contributed by atoms with van der Waals surface area (Å²) in [4.78, 5) is 15.0. The molecule has 1 aromatic carbocycles. The molecule has 2 aliphatic rings. The highest BCUT2D eigenvalue weighted by Gasteiger charge is 2.27. The number of carbonyl (C=O) groups excluding carboxylic acids is 1. The fraction of sp³-hybridized carbons (Fsp3) is 0.591. The third-order valence-electron chi connectivity index (χ3n) is 6.30. The molecule has 2 saturated heterocycles. The number of hydrogen-bond acceptors (Lipinski definition) is 7. The maximum Gasteiger partial charge on any atom is 0.243 e. The first-order valence-electron chi connectivity index (χ1n) is 11.4. The molecule has 0 saturated carbocycles. The number of carbonyl (C=O) groups is 1. The van der Waals surface area contributed by atoms with E-state index in [4.69, 9.17) is 4.74 Å². The average molecular weight is 494 g/mol. The molecule has 2 aromatic rings. The normalized spacial score (nSPS) is 20.2. The van der Waals surface area contributed by atoms with Crippen molar-refractivity contribution in [3.8, 4) is 11.4 Å². The first-order chi connectivity index (χ1) is 15.9. The smallest absolute Gasteiger partial charge is 0.243 e. The fourth-order valence-electron chi connectivity index (χ4n) is 4.37. The molecule has 11 heteroatoms. The Bertz CT molecular complexity index is 1060. The van der Waals surface area contributed by atoms with Crippen molar-refractivity contribution in [2.24, 2.45) is 7.05 Å². The standard InChI is InChI=1S/C22H31N5O4S2/c1-3-18-6-4-5-11-27(18)20(28)16-32-22-24-23-21(25(22)2)17-7-9-19(10-8-17)33(29,30)26-12-14-31-15-13-26/h7-10,18H,3-6,11-16H2,1-2H3. The number of piperidine rings is 1. The second-order valence-corrected chi connectivity index (χ2v) is 11.2. The molecular formula is C22H31N5O4S2. The summed E-state index contributed by atoms with van der Waals surface area (Å²) in [6.45, 7) is 4.52. The van der Waals surface area contributed by atoms with Gasteiger partial charge in [-0.1, -0.05) is 18.7 Å². The average Bonchev–Trinajstić information content (AvgIpc) is 3.23. The van der Waals surface area contributed by atoms with E-state index in [1.165, 1.54) is 22.5 Å². The van der Waals surface area contributed by atoms with E-state index in [9.17, 15) is 13.2 Å². The number of ether oxygens (including phenoxy) is 1. The Labute approximate surface area is 199 Å². The number of thioether (sulfide) groups is 1. The van der Waals surface area contributed by atoms with Gasteiger partial charge in [0.15, 0.2) is 11.0 Å². The predicted octanol–water partition coefficient (Wildman–Crippen LogP) is 2.39. The summed E-state index contributed by atoms with van der Waals surface area (Å²) < 4.78 is 34.2. The van der Waals surface area contributed by atoms with Crippen LogP contribution in [-0.4, -0.2) is 82.9 Å². The Morgan fingerprint density at radius 1 is 1.12 bits per heavy atom. The number of benzene rings is 1. The highest BCUT2D eigenvalue weighted by atomic mass is 32.2. The van der Waals surface area contributed by atoms with Crippen LogP contribution in [0.1, 0.15) is 32.6 Å². The maximum absolute atomic E-state index is 12.8. The number of likely N-dealkylation sites (tertiary alicyclic amines) is 1. The van der Waals surface area contributed by atoms with Gasteiger partial charge in [0.1, 0.15) is 0 Å². The van der Waals surface area contributed by atoms with Gasteiger partial charge in [0.2, 0.25) is 15.9 Å². The van der Waals surface area contributed by atoms with Crippen LogP contribution in [-0.2, 0) is 26.6 Å². The number of rotatable bonds is 7. The van der Waals surface area contributed by atoms with Crippen molar-refractivity contribution in [2.45, 2.75) is 48.7 Å². The van der Waals surface area contributed by atoms with Gasteiger partial charge in [-0.25, -0.2) is 8.42 Å². The van der Waals surface area contributed by atoms with Crippen LogP contribution in [0, 0.1) is 0 Å². The number of amides is 1. The van der Waals surface area contributed by atoms with Gasteiger partial charge in [-0.05, 0) is 49.9 Å². The van der Waals surface area contributed by atoms with Crippen LogP contribution < -0.4 is 0 Å². The van der Waals surface area contributed by atoms with E-state index < -0.39 is 10.0 Å². The molecule has 2 aliphatic heterocycles. The van der Waals surface area contributed by atoms with Crippen LogP contribution in [0.25, 0.3) is 11.4 Å². The van der Waals surface area contributed by atoms with E-state index in [0.717, 1.165) is 31.4 Å². The second kappa shape index (κ2) is 10.5. The number of morpholine rings is 1. The molecule has 0 N–H and O–H groups in total. The first-order valence-corrected chi connectivity index (χ1v) is 13.8. The minimum absolute atomic E-state index is 0.147. The lowest BCUT2D eigenvalue weighted by Gasteiger charge is -2.35. The zero-order chi connectivity index (χ0) is 23.4.